The van der Waals surface area contributed by atoms with Gasteiger partial charge < -0.3 is 10.6 Å². The summed E-state index contributed by atoms with van der Waals surface area (Å²) in [6.07, 6.45) is 1.38. The minimum Gasteiger partial charge on any atom is -0.356 e. The molecular weight excluding hydrogens is 302 g/mol. The van der Waals surface area contributed by atoms with Gasteiger partial charge in [-0.3, -0.25) is 0 Å². The van der Waals surface area contributed by atoms with Crippen molar-refractivity contribution in [1.82, 2.24) is 5.32 Å². The van der Waals surface area contributed by atoms with Crippen molar-refractivity contribution >= 4 is 23.0 Å². The molecule has 1 atom stereocenters. The Hall–Kier alpha value is -2.38. The molecule has 0 aliphatic carbocycles. The van der Waals surface area contributed by atoms with Crippen LogP contribution in [0.4, 0.5) is 5.69 Å². The predicted octanol–water partition coefficient (Wildman–Crippen LogP) is 4.50. The van der Waals surface area contributed by atoms with Gasteiger partial charge in [0.05, 0.1) is 18.5 Å². The highest BCUT2D eigenvalue weighted by Crippen LogP contribution is 2.20. The van der Waals surface area contributed by atoms with E-state index in [0.717, 1.165) is 17.7 Å². The van der Waals surface area contributed by atoms with Crippen molar-refractivity contribution in [3.63, 3.8) is 0 Å². The van der Waals surface area contributed by atoms with Gasteiger partial charge in [0.1, 0.15) is 0 Å². The van der Waals surface area contributed by atoms with Gasteiger partial charge in [-0.2, -0.15) is 5.26 Å². The zero-order valence-electron chi connectivity index (χ0n) is 13.5. The van der Waals surface area contributed by atoms with Crippen LogP contribution < -0.4 is 10.6 Å². The first kappa shape index (κ1) is 17.0. The van der Waals surface area contributed by atoms with Crippen molar-refractivity contribution in [3.05, 3.63) is 65.2 Å². The van der Waals surface area contributed by atoms with Crippen molar-refractivity contribution in [3.8, 4) is 6.07 Å². The molecule has 4 heteroatoms. The van der Waals surface area contributed by atoms with Crippen molar-refractivity contribution < 1.29 is 0 Å². The van der Waals surface area contributed by atoms with E-state index in [1.165, 1.54) is 11.1 Å². The summed E-state index contributed by atoms with van der Waals surface area (Å²) < 4.78 is 0. The molecule has 2 aromatic rings. The first-order valence-electron chi connectivity index (χ1n) is 7.73. The fourth-order valence-corrected chi connectivity index (χ4v) is 2.76. The molecule has 118 valence electrons. The second-order valence-electron chi connectivity index (χ2n) is 5.45. The summed E-state index contributed by atoms with van der Waals surface area (Å²) in [6.45, 7) is 4.26. The number of hydrogen-bond donors (Lipinski definition) is 2. The molecule has 0 amide bonds. The van der Waals surface area contributed by atoms with Crippen molar-refractivity contribution in [2.24, 2.45) is 0 Å². The van der Waals surface area contributed by atoms with Crippen LogP contribution in [-0.4, -0.2) is 5.11 Å². The summed E-state index contributed by atoms with van der Waals surface area (Å²) in [5.41, 5.74) is 4.45. The lowest BCUT2D eigenvalue weighted by Crippen LogP contribution is -2.32. The van der Waals surface area contributed by atoms with E-state index < -0.39 is 0 Å². The zero-order chi connectivity index (χ0) is 16.7. The maximum absolute atomic E-state index is 8.69. The molecule has 0 aliphatic heterocycles. The molecule has 0 bridgehead atoms. The van der Waals surface area contributed by atoms with Crippen LogP contribution >= 0.6 is 12.2 Å². The molecule has 0 saturated heterocycles. The van der Waals surface area contributed by atoms with E-state index in [2.05, 4.69) is 48.7 Å². The second kappa shape index (κ2) is 8.30. The van der Waals surface area contributed by atoms with Crippen molar-refractivity contribution in [2.75, 3.05) is 5.32 Å². The molecule has 0 saturated carbocycles. The normalized spacial score (nSPS) is 11.3. The summed E-state index contributed by atoms with van der Waals surface area (Å²) in [4.78, 5) is 0. The van der Waals surface area contributed by atoms with Gasteiger partial charge in [-0.05, 0) is 54.4 Å². The minimum atomic E-state index is 0.189. The Morgan fingerprint density at radius 3 is 2.48 bits per heavy atom. The number of benzene rings is 2. The van der Waals surface area contributed by atoms with Crippen molar-refractivity contribution in [1.29, 1.82) is 5.26 Å². The fourth-order valence-electron chi connectivity index (χ4n) is 2.50. The standard InChI is InChI=1S/C19H21N3S/c1-3-18(17-7-5-4-6-14(17)2)22-19(23)21-16-10-8-15(9-11-16)12-13-20/h4-11,18H,3,12H2,1-2H3,(H2,21,22,23)/t18-/m0/s1. The number of nitrogens with zero attached hydrogens (tertiary/aromatic N) is 1. The van der Waals surface area contributed by atoms with Crippen LogP contribution in [0.2, 0.25) is 0 Å². The van der Waals surface area contributed by atoms with Crippen LogP contribution in [0.1, 0.15) is 36.1 Å². The largest absolute Gasteiger partial charge is 0.356 e. The Bertz CT molecular complexity index is 701. The molecule has 0 aromatic heterocycles. The van der Waals surface area contributed by atoms with Crippen LogP contribution in [-0.2, 0) is 6.42 Å². The maximum atomic E-state index is 8.69. The van der Waals surface area contributed by atoms with Gasteiger partial charge in [-0.25, -0.2) is 0 Å². The third-order valence-corrected chi connectivity index (χ3v) is 3.99. The highest BCUT2D eigenvalue weighted by Gasteiger charge is 2.12. The third kappa shape index (κ3) is 4.80. The van der Waals surface area contributed by atoms with Crippen LogP contribution in [0.25, 0.3) is 0 Å². The predicted molar refractivity (Wildman–Crippen MR) is 99.3 cm³/mol. The number of rotatable bonds is 5. The summed E-state index contributed by atoms with van der Waals surface area (Å²) >= 11 is 5.43. The number of anilines is 1. The Morgan fingerprint density at radius 2 is 1.87 bits per heavy atom. The number of aryl methyl sites for hydroxylation is 1. The van der Waals surface area contributed by atoms with E-state index in [4.69, 9.17) is 17.5 Å². The first-order chi connectivity index (χ1) is 11.1. The molecule has 0 radical (unpaired) electrons. The van der Waals surface area contributed by atoms with Gasteiger partial charge in [0.2, 0.25) is 0 Å². The van der Waals surface area contributed by atoms with E-state index in [9.17, 15) is 0 Å². The lowest BCUT2D eigenvalue weighted by Gasteiger charge is -2.21. The lowest BCUT2D eigenvalue weighted by atomic mass is 10.00. The topological polar surface area (TPSA) is 47.8 Å². The van der Waals surface area contributed by atoms with Crippen LogP contribution in [0.15, 0.2) is 48.5 Å². The van der Waals surface area contributed by atoms with Crippen LogP contribution in [0, 0.1) is 18.3 Å². The van der Waals surface area contributed by atoms with Gasteiger partial charge >= 0.3 is 0 Å². The highest BCUT2D eigenvalue weighted by atomic mass is 32.1. The Labute approximate surface area is 143 Å². The number of hydrogen-bond acceptors (Lipinski definition) is 2. The number of nitrogens with one attached hydrogen (secondary N) is 2. The minimum absolute atomic E-state index is 0.189. The van der Waals surface area contributed by atoms with Crippen molar-refractivity contribution in [2.45, 2.75) is 32.7 Å². The molecule has 0 heterocycles. The van der Waals surface area contributed by atoms with Gasteiger partial charge in [-0.1, -0.05) is 43.3 Å². The summed E-state index contributed by atoms with van der Waals surface area (Å²) in [5, 5.41) is 15.9. The molecule has 2 N–H and O–H groups in total. The average molecular weight is 323 g/mol. The Kier molecular flexibility index (Phi) is 6.13. The molecule has 2 aromatic carbocycles. The summed E-state index contributed by atoms with van der Waals surface area (Å²) in [7, 11) is 0. The Balaban J connectivity index is 2.00. The van der Waals surface area contributed by atoms with Crippen LogP contribution in [0.3, 0.4) is 0 Å². The van der Waals surface area contributed by atoms with Crippen LogP contribution in [0.5, 0.6) is 0 Å². The smallest absolute Gasteiger partial charge is 0.171 e. The molecule has 0 fully saturated rings. The monoisotopic (exact) mass is 323 g/mol. The van der Waals surface area contributed by atoms with E-state index in [-0.39, 0.29) is 6.04 Å². The second-order valence-corrected chi connectivity index (χ2v) is 5.86. The molecule has 2 rings (SSSR count). The first-order valence-corrected chi connectivity index (χ1v) is 8.13. The maximum Gasteiger partial charge on any atom is 0.171 e. The third-order valence-electron chi connectivity index (χ3n) is 3.77. The van der Waals surface area contributed by atoms with E-state index in [1.807, 2.05) is 30.3 Å². The molecule has 3 nitrogen and oxygen atoms in total. The highest BCUT2D eigenvalue weighted by molar-refractivity contribution is 7.80. The molecular formula is C19H21N3S. The van der Waals surface area contributed by atoms with E-state index in [1.54, 1.807) is 0 Å². The quantitative estimate of drug-likeness (QED) is 0.795. The fraction of sp³-hybridized carbons (Fsp3) is 0.263. The molecule has 23 heavy (non-hydrogen) atoms. The molecule has 0 aliphatic rings. The molecule has 0 unspecified atom stereocenters. The van der Waals surface area contributed by atoms with Gasteiger partial charge in [-0.15, -0.1) is 0 Å². The molecule has 0 spiro atoms. The van der Waals surface area contributed by atoms with E-state index in [0.29, 0.717) is 11.5 Å². The number of thiocarbonyl (C=S) groups is 1. The summed E-state index contributed by atoms with van der Waals surface area (Å²) in [5.74, 6) is 0. The number of nitriles is 1. The average Bonchev–Trinajstić information content (AvgIpc) is 2.55. The lowest BCUT2D eigenvalue weighted by molar-refractivity contribution is 0.625. The summed E-state index contributed by atoms with van der Waals surface area (Å²) in [6, 6.07) is 18.4. The van der Waals surface area contributed by atoms with E-state index >= 15 is 0 Å². The SMILES string of the molecule is CC[C@H](NC(=S)Nc1ccc(CC#N)cc1)c1ccccc1C. The van der Waals surface area contributed by atoms with Gasteiger partial charge in [0.25, 0.3) is 0 Å². The zero-order valence-corrected chi connectivity index (χ0v) is 14.3. The van der Waals surface area contributed by atoms with Gasteiger partial charge in [0, 0.05) is 5.69 Å². The Morgan fingerprint density at radius 1 is 1.17 bits per heavy atom. The van der Waals surface area contributed by atoms with Gasteiger partial charge in [0.15, 0.2) is 5.11 Å².